The van der Waals surface area contributed by atoms with Crippen LogP contribution in [0.1, 0.15) is 32.3 Å². The van der Waals surface area contributed by atoms with Gasteiger partial charge in [-0.25, -0.2) is 0 Å². The minimum absolute atomic E-state index is 0.0478. The van der Waals surface area contributed by atoms with Crippen molar-refractivity contribution in [2.24, 2.45) is 5.73 Å². The zero-order chi connectivity index (χ0) is 13.1. The quantitative estimate of drug-likeness (QED) is 0.866. The van der Waals surface area contributed by atoms with Crippen molar-refractivity contribution in [2.45, 2.75) is 38.1 Å². The van der Waals surface area contributed by atoms with Gasteiger partial charge in [0.2, 0.25) is 0 Å². The lowest BCUT2D eigenvalue weighted by Crippen LogP contribution is -2.43. The van der Waals surface area contributed by atoms with Gasteiger partial charge in [-0.3, -0.25) is 0 Å². The lowest BCUT2D eigenvalue weighted by Gasteiger charge is -2.36. The number of aliphatic hydroxyl groups is 1. The van der Waals surface area contributed by atoms with Crippen LogP contribution in [0.3, 0.4) is 0 Å². The Hall–Kier alpha value is -0.280. The van der Waals surface area contributed by atoms with Crippen LogP contribution in [0.4, 0.5) is 0 Å². The maximum Gasteiger partial charge on any atom is 0.0458 e. The number of rotatable bonds is 5. The molecular formula is C13H19Cl2NO. The van der Waals surface area contributed by atoms with Gasteiger partial charge < -0.3 is 10.8 Å². The van der Waals surface area contributed by atoms with E-state index in [0.29, 0.717) is 16.5 Å². The second-order valence-electron chi connectivity index (χ2n) is 4.53. The molecule has 0 aliphatic carbocycles. The van der Waals surface area contributed by atoms with E-state index in [9.17, 15) is 5.11 Å². The molecule has 3 N–H and O–H groups in total. The van der Waals surface area contributed by atoms with Gasteiger partial charge in [0.05, 0.1) is 0 Å². The highest BCUT2D eigenvalue weighted by Crippen LogP contribution is 2.37. The third-order valence-corrected chi connectivity index (χ3v) is 3.98. The van der Waals surface area contributed by atoms with Crippen molar-refractivity contribution >= 4 is 23.2 Å². The summed E-state index contributed by atoms with van der Waals surface area (Å²) in [6, 6.07) is 5.38. The van der Waals surface area contributed by atoms with Crippen LogP contribution in [-0.4, -0.2) is 17.8 Å². The summed E-state index contributed by atoms with van der Waals surface area (Å²) >= 11 is 12.1. The SMILES string of the molecule is CCC(N)C(C)(CCO)c1ccc(Cl)cc1Cl. The molecule has 1 aromatic carbocycles. The average Bonchev–Trinajstić information content (AvgIpc) is 2.27. The molecule has 17 heavy (non-hydrogen) atoms. The molecule has 1 rings (SSSR count). The molecule has 0 saturated heterocycles. The first-order valence-corrected chi connectivity index (χ1v) is 6.53. The first-order chi connectivity index (χ1) is 7.95. The summed E-state index contributed by atoms with van der Waals surface area (Å²) in [6.45, 7) is 4.15. The molecule has 0 aliphatic heterocycles. The van der Waals surface area contributed by atoms with Crippen LogP contribution < -0.4 is 5.73 Å². The minimum atomic E-state index is -0.328. The van der Waals surface area contributed by atoms with Crippen LogP contribution in [0.15, 0.2) is 18.2 Å². The van der Waals surface area contributed by atoms with E-state index in [1.165, 1.54) is 0 Å². The Morgan fingerprint density at radius 2 is 2.06 bits per heavy atom. The summed E-state index contributed by atoms with van der Waals surface area (Å²) in [5.74, 6) is 0. The van der Waals surface area contributed by atoms with Crippen LogP contribution in [0.25, 0.3) is 0 Å². The van der Waals surface area contributed by atoms with Crippen molar-refractivity contribution in [1.82, 2.24) is 0 Å². The number of hydrogen-bond acceptors (Lipinski definition) is 2. The van der Waals surface area contributed by atoms with Crippen LogP contribution in [0, 0.1) is 0 Å². The molecule has 0 fully saturated rings. The number of aliphatic hydroxyl groups excluding tert-OH is 1. The fourth-order valence-corrected chi connectivity index (χ4v) is 2.78. The lowest BCUT2D eigenvalue weighted by atomic mass is 9.73. The van der Waals surface area contributed by atoms with E-state index in [1.807, 2.05) is 19.9 Å². The summed E-state index contributed by atoms with van der Waals surface area (Å²) in [5, 5.41) is 10.4. The Labute approximate surface area is 113 Å². The molecule has 0 bridgehead atoms. The smallest absolute Gasteiger partial charge is 0.0458 e. The van der Waals surface area contributed by atoms with E-state index in [1.54, 1.807) is 12.1 Å². The molecule has 2 atom stereocenters. The van der Waals surface area contributed by atoms with Crippen molar-refractivity contribution < 1.29 is 5.11 Å². The maximum absolute atomic E-state index is 9.23. The Morgan fingerprint density at radius 3 is 2.53 bits per heavy atom. The molecule has 1 aromatic rings. The number of nitrogens with two attached hydrogens (primary N) is 1. The van der Waals surface area contributed by atoms with E-state index in [0.717, 1.165) is 12.0 Å². The van der Waals surface area contributed by atoms with Crippen molar-refractivity contribution in [3.05, 3.63) is 33.8 Å². The van der Waals surface area contributed by atoms with E-state index in [-0.39, 0.29) is 18.1 Å². The molecule has 0 heterocycles. The highest BCUT2D eigenvalue weighted by Gasteiger charge is 2.33. The second kappa shape index (κ2) is 6.05. The van der Waals surface area contributed by atoms with E-state index in [2.05, 4.69) is 0 Å². The Morgan fingerprint density at radius 1 is 1.41 bits per heavy atom. The maximum atomic E-state index is 9.23. The molecule has 0 aliphatic rings. The second-order valence-corrected chi connectivity index (χ2v) is 5.37. The minimum Gasteiger partial charge on any atom is -0.396 e. The first kappa shape index (κ1) is 14.8. The molecule has 0 spiro atoms. The highest BCUT2D eigenvalue weighted by atomic mass is 35.5. The highest BCUT2D eigenvalue weighted by molar-refractivity contribution is 6.35. The molecule has 0 saturated carbocycles. The van der Waals surface area contributed by atoms with Gasteiger partial charge in [-0.15, -0.1) is 0 Å². The van der Waals surface area contributed by atoms with E-state index >= 15 is 0 Å². The Bertz CT molecular complexity index is 384. The standard InChI is InChI=1S/C13H19Cl2NO/c1-3-12(16)13(2,6-7-17)10-5-4-9(14)8-11(10)15/h4-5,8,12,17H,3,6-7,16H2,1-2H3. The van der Waals surface area contributed by atoms with Crippen LogP contribution in [0.5, 0.6) is 0 Å². The van der Waals surface area contributed by atoms with Gasteiger partial charge >= 0.3 is 0 Å². The molecule has 2 nitrogen and oxygen atoms in total. The molecule has 0 radical (unpaired) electrons. The van der Waals surface area contributed by atoms with Gasteiger partial charge in [0, 0.05) is 28.1 Å². The van der Waals surface area contributed by atoms with Gasteiger partial charge in [0.15, 0.2) is 0 Å². The molecule has 2 unspecified atom stereocenters. The van der Waals surface area contributed by atoms with Crippen LogP contribution in [0.2, 0.25) is 10.0 Å². The topological polar surface area (TPSA) is 46.2 Å². The Kier molecular flexibility index (Phi) is 5.26. The van der Waals surface area contributed by atoms with Crippen LogP contribution in [-0.2, 0) is 5.41 Å². The average molecular weight is 276 g/mol. The fourth-order valence-electron chi connectivity index (χ4n) is 2.16. The van der Waals surface area contributed by atoms with E-state index in [4.69, 9.17) is 28.9 Å². The third kappa shape index (κ3) is 3.14. The zero-order valence-electron chi connectivity index (χ0n) is 10.2. The monoisotopic (exact) mass is 275 g/mol. The van der Waals surface area contributed by atoms with Crippen molar-refractivity contribution in [3.8, 4) is 0 Å². The number of benzene rings is 1. The fraction of sp³-hybridized carbons (Fsp3) is 0.538. The summed E-state index contributed by atoms with van der Waals surface area (Å²) in [4.78, 5) is 0. The van der Waals surface area contributed by atoms with Crippen LogP contribution >= 0.6 is 23.2 Å². The van der Waals surface area contributed by atoms with Gasteiger partial charge in [-0.2, -0.15) is 0 Å². The van der Waals surface area contributed by atoms with Crippen molar-refractivity contribution in [3.63, 3.8) is 0 Å². The summed E-state index contributed by atoms with van der Waals surface area (Å²) in [6.07, 6.45) is 1.42. The van der Waals surface area contributed by atoms with Crippen molar-refractivity contribution in [2.75, 3.05) is 6.61 Å². The van der Waals surface area contributed by atoms with Crippen molar-refractivity contribution in [1.29, 1.82) is 0 Å². The van der Waals surface area contributed by atoms with Gasteiger partial charge in [-0.05, 0) is 30.5 Å². The lowest BCUT2D eigenvalue weighted by molar-refractivity contribution is 0.223. The summed E-state index contributed by atoms with van der Waals surface area (Å²) in [5.41, 5.74) is 6.80. The van der Waals surface area contributed by atoms with Gasteiger partial charge in [0.25, 0.3) is 0 Å². The predicted octanol–water partition coefficient (Wildman–Crippen LogP) is 3.37. The largest absolute Gasteiger partial charge is 0.396 e. The Balaban J connectivity index is 3.21. The molecular weight excluding hydrogens is 257 g/mol. The third-order valence-electron chi connectivity index (χ3n) is 3.44. The first-order valence-electron chi connectivity index (χ1n) is 5.77. The van der Waals surface area contributed by atoms with E-state index < -0.39 is 0 Å². The molecule has 4 heteroatoms. The summed E-state index contributed by atoms with van der Waals surface area (Å²) in [7, 11) is 0. The molecule has 0 amide bonds. The zero-order valence-corrected chi connectivity index (χ0v) is 11.7. The molecule has 96 valence electrons. The van der Waals surface area contributed by atoms with Gasteiger partial charge in [0.1, 0.15) is 0 Å². The number of hydrogen-bond donors (Lipinski definition) is 2. The van der Waals surface area contributed by atoms with Gasteiger partial charge in [-0.1, -0.05) is 43.1 Å². The number of halogens is 2. The summed E-state index contributed by atoms with van der Waals surface area (Å²) < 4.78 is 0. The predicted molar refractivity (Wildman–Crippen MR) is 73.8 cm³/mol. The molecule has 0 aromatic heterocycles. The normalized spacial score (nSPS) is 16.6.